The number of aliphatic hydroxyl groups is 3. The van der Waals surface area contributed by atoms with Crippen LogP contribution in [0.5, 0.6) is 0 Å². The third kappa shape index (κ3) is 8.59. The van der Waals surface area contributed by atoms with E-state index in [1.54, 1.807) is 0 Å². The molecule has 0 radical (unpaired) electrons. The second-order valence-electron chi connectivity index (χ2n) is 9.23. The summed E-state index contributed by atoms with van der Waals surface area (Å²) < 4.78 is 0. The molecule has 0 bridgehead atoms. The first kappa shape index (κ1) is 25.2. The van der Waals surface area contributed by atoms with E-state index in [0.29, 0.717) is 24.9 Å². The van der Waals surface area contributed by atoms with Gasteiger partial charge < -0.3 is 30.6 Å². The average molecular weight is 429 g/mol. The Labute approximate surface area is 180 Å². The summed E-state index contributed by atoms with van der Waals surface area (Å²) >= 11 is 0. The van der Waals surface area contributed by atoms with E-state index < -0.39 is 12.1 Å². The Balaban J connectivity index is 1.61. The van der Waals surface area contributed by atoms with Crippen LogP contribution in [0.3, 0.4) is 0 Å². The maximum absolute atomic E-state index is 10.6. The fourth-order valence-corrected chi connectivity index (χ4v) is 4.84. The summed E-state index contributed by atoms with van der Waals surface area (Å²) in [5.74, 6) is -0.848. The lowest BCUT2D eigenvalue weighted by molar-refractivity contribution is -0.914. The van der Waals surface area contributed by atoms with E-state index in [1.807, 2.05) is 6.21 Å². The van der Waals surface area contributed by atoms with Gasteiger partial charge in [0.15, 0.2) is 6.67 Å². The van der Waals surface area contributed by atoms with E-state index >= 15 is 0 Å². The summed E-state index contributed by atoms with van der Waals surface area (Å²) in [5, 5.41) is 41.8. The van der Waals surface area contributed by atoms with Crippen molar-refractivity contribution in [2.75, 3.05) is 19.8 Å². The van der Waals surface area contributed by atoms with Crippen molar-refractivity contribution in [1.29, 1.82) is 0 Å². The zero-order chi connectivity index (χ0) is 21.9. The zero-order valence-corrected chi connectivity index (χ0v) is 18.4. The Morgan fingerprint density at radius 2 is 2.00 bits per heavy atom. The molecule has 2 aliphatic heterocycles. The summed E-state index contributed by atoms with van der Waals surface area (Å²) in [6, 6.07) is 0.965. The van der Waals surface area contributed by atoms with Gasteiger partial charge in [0, 0.05) is 19.1 Å². The molecule has 0 saturated carbocycles. The van der Waals surface area contributed by atoms with Crippen LogP contribution in [0.4, 0.5) is 0 Å². The highest BCUT2D eigenvalue weighted by Gasteiger charge is 2.39. The quantitative estimate of drug-likeness (QED) is 0.216. The molecule has 0 aromatic carbocycles. The second-order valence-corrected chi connectivity index (χ2v) is 9.23. The molecule has 2 aliphatic rings. The highest BCUT2D eigenvalue weighted by Crippen LogP contribution is 2.20. The van der Waals surface area contributed by atoms with Gasteiger partial charge in [-0.15, -0.1) is 0 Å². The number of aliphatic imine (C=N–C) groups is 1. The number of carboxylic acids is 1. The molecule has 2 rings (SSSR count). The Hall–Kier alpha value is -1.06. The SMILES string of the molecule is C[C@@H]1N[C@H](CCCCCC[C@H](CO)CC[C@@H](O)CC(=O)O)[C@@H]([NH+]2CC=NC2)C[C@H]1O. The van der Waals surface area contributed by atoms with Crippen molar-refractivity contribution in [1.82, 2.24) is 5.32 Å². The number of aliphatic hydroxyl groups excluding tert-OH is 3. The van der Waals surface area contributed by atoms with E-state index in [9.17, 15) is 20.1 Å². The normalized spacial score (nSPS) is 31.0. The standard InChI is InChI=1S/C22H41N3O5/c1-16-21(28)13-20(25-11-10-23-15-25)19(24-16)7-5-3-2-4-6-17(14-26)8-9-18(27)12-22(29)30/h10,16-21,24,26-28H,2-9,11-15H2,1H3,(H,29,30)/p+1/t16-,17-,18+,19+,20-,21+/m0/s1. The van der Waals surface area contributed by atoms with Gasteiger partial charge in [-0.25, -0.2) is 4.99 Å². The average Bonchev–Trinajstić information content (AvgIpc) is 3.23. The van der Waals surface area contributed by atoms with Gasteiger partial charge >= 0.3 is 5.97 Å². The predicted octanol–water partition coefficient (Wildman–Crippen LogP) is -0.0420. The molecule has 0 aromatic rings. The highest BCUT2D eigenvalue weighted by atomic mass is 16.4. The molecule has 7 atom stereocenters. The molecule has 174 valence electrons. The molecule has 0 aromatic heterocycles. The van der Waals surface area contributed by atoms with E-state index in [2.05, 4.69) is 17.2 Å². The van der Waals surface area contributed by atoms with Crippen LogP contribution < -0.4 is 10.2 Å². The summed E-state index contributed by atoms with van der Waals surface area (Å²) in [4.78, 5) is 16.4. The molecule has 8 heteroatoms. The lowest BCUT2D eigenvalue weighted by atomic mass is 9.87. The molecule has 1 fully saturated rings. The number of carbonyl (C=O) groups is 1. The molecular formula is C22H42N3O5+. The van der Waals surface area contributed by atoms with Crippen LogP contribution in [0, 0.1) is 5.92 Å². The zero-order valence-electron chi connectivity index (χ0n) is 18.4. The summed E-state index contributed by atoms with van der Waals surface area (Å²) in [5.41, 5.74) is 0. The predicted molar refractivity (Wildman–Crippen MR) is 116 cm³/mol. The monoisotopic (exact) mass is 428 g/mol. The van der Waals surface area contributed by atoms with Gasteiger partial charge in [0.1, 0.15) is 12.6 Å². The van der Waals surface area contributed by atoms with Crippen LogP contribution in [0.2, 0.25) is 0 Å². The first-order valence-electron chi connectivity index (χ1n) is 11.7. The van der Waals surface area contributed by atoms with Crippen molar-refractivity contribution in [3.8, 4) is 0 Å². The maximum atomic E-state index is 10.6. The first-order chi connectivity index (χ1) is 14.4. The number of nitrogens with one attached hydrogen (secondary N) is 2. The molecule has 6 N–H and O–H groups in total. The van der Waals surface area contributed by atoms with Crippen LogP contribution in [0.15, 0.2) is 4.99 Å². The van der Waals surface area contributed by atoms with Gasteiger partial charge in [0.25, 0.3) is 0 Å². The molecule has 1 saturated heterocycles. The maximum Gasteiger partial charge on any atom is 0.305 e. The molecule has 1 unspecified atom stereocenters. The number of quaternary nitrogens is 1. The van der Waals surface area contributed by atoms with Gasteiger partial charge in [0.2, 0.25) is 0 Å². The van der Waals surface area contributed by atoms with E-state index in [1.165, 1.54) is 4.90 Å². The van der Waals surface area contributed by atoms with E-state index in [-0.39, 0.29) is 31.1 Å². The fourth-order valence-electron chi connectivity index (χ4n) is 4.84. The first-order valence-corrected chi connectivity index (χ1v) is 11.7. The van der Waals surface area contributed by atoms with Crippen LogP contribution in [0.1, 0.15) is 71.1 Å². The number of carboxylic acid groups (broad SMARTS) is 1. The van der Waals surface area contributed by atoms with Crippen LogP contribution in [0.25, 0.3) is 0 Å². The van der Waals surface area contributed by atoms with Gasteiger partial charge in [-0.05, 0) is 38.5 Å². The van der Waals surface area contributed by atoms with Gasteiger partial charge in [-0.1, -0.05) is 25.7 Å². The lowest BCUT2D eigenvalue weighted by Gasteiger charge is -2.41. The van der Waals surface area contributed by atoms with Crippen LogP contribution in [-0.4, -0.2) is 82.8 Å². The Bertz CT molecular complexity index is 525. The largest absolute Gasteiger partial charge is 0.481 e. The minimum absolute atomic E-state index is 0.0916. The van der Waals surface area contributed by atoms with Gasteiger partial charge in [-0.2, -0.15) is 0 Å². The molecule has 0 amide bonds. The molecular weight excluding hydrogens is 386 g/mol. The van der Waals surface area contributed by atoms with Crippen molar-refractivity contribution in [3.05, 3.63) is 0 Å². The number of hydrogen-bond acceptors (Lipinski definition) is 6. The number of aliphatic carboxylic acids is 1. The number of nitrogens with zero attached hydrogens (tertiary/aromatic N) is 1. The Kier molecular flexibility index (Phi) is 11.2. The number of hydrogen-bond donors (Lipinski definition) is 6. The fraction of sp³-hybridized carbons (Fsp3) is 0.909. The molecule has 2 heterocycles. The minimum Gasteiger partial charge on any atom is -0.481 e. The third-order valence-electron chi connectivity index (χ3n) is 6.79. The van der Waals surface area contributed by atoms with Crippen LogP contribution in [-0.2, 0) is 4.79 Å². The van der Waals surface area contributed by atoms with Gasteiger partial charge in [-0.3, -0.25) is 4.79 Å². The molecule has 30 heavy (non-hydrogen) atoms. The topological polar surface area (TPSA) is 127 Å². The third-order valence-corrected chi connectivity index (χ3v) is 6.79. The van der Waals surface area contributed by atoms with E-state index in [0.717, 1.165) is 58.2 Å². The minimum atomic E-state index is -0.986. The number of rotatable bonds is 14. The lowest BCUT2D eigenvalue weighted by Crippen LogP contribution is -3.16. The van der Waals surface area contributed by atoms with Gasteiger partial charge in [0.05, 0.1) is 30.9 Å². The highest BCUT2D eigenvalue weighted by molar-refractivity contribution is 5.67. The van der Waals surface area contributed by atoms with Crippen molar-refractivity contribution in [2.45, 2.75) is 101 Å². The smallest absolute Gasteiger partial charge is 0.305 e. The number of unbranched alkanes of at least 4 members (excludes halogenated alkanes) is 3. The second kappa shape index (κ2) is 13.4. The Morgan fingerprint density at radius 3 is 2.67 bits per heavy atom. The van der Waals surface area contributed by atoms with Crippen molar-refractivity contribution in [2.24, 2.45) is 10.9 Å². The van der Waals surface area contributed by atoms with Crippen molar-refractivity contribution < 1.29 is 30.1 Å². The summed E-state index contributed by atoms with van der Waals surface area (Å²) in [6.07, 6.45) is 9.06. The van der Waals surface area contributed by atoms with Crippen molar-refractivity contribution >= 4 is 12.2 Å². The molecule has 0 spiro atoms. The number of piperidine rings is 1. The molecule has 8 nitrogen and oxygen atoms in total. The van der Waals surface area contributed by atoms with Crippen LogP contribution >= 0.6 is 0 Å². The summed E-state index contributed by atoms with van der Waals surface area (Å²) in [6.45, 7) is 3.92. The summed E-state index contributed by atoms with van der Waals surface area (Å²) in [7, 11) is 0. The van der Waals surface area contributed by atoms with Crippen molar-refractivity contribution in [3.63, 3.8) is 0 Å². The van der Waals surface area contributed by atoms with E-state index in [4.69, 9.17) is 5.11 Å². The Morgan fingerprint density at radius 1 is 1.23 bits per heavy atom. The molecule has 0 aliphatic carbocycles.